The van der Waals surface area contributed by atoms with Gasteiger partial charge in [-0.25, -0.2) is 0 Å². The zero-order valence-corrected chi connectivity index (χ0v) is 16.4. The van der Waals surface area contributed by atoms with Crippen LogP contribution in [0.5, 0.6) is 5.75 Å². The van der Waals surface area contributed by atoms with E-state index in [-0.39, 0.29) is 11.9 Å². The lowest BCUT2D eigenvalue weighted by Gasteiger charge is -2.15. The van der Waals surface area contributed by atoms with Gasteiger partial charge in [-0.3, -0.25) is 9.78 Å². The molecule has 0 radical (unpaired) electrons. The molecule has 1 aromatic carbocycles. The lowest BCUT2D eigenvalue weighted by atomic mass is 10.1. The molecule has 1 unspecified atom stereocenters. The van der Waals surface area contributed by atoms with Gasteiger partial charge in [0.2, 0.25) is 5.91 Å². The number of amides is 1. The number of benzene rings is 1. The van der Waals surface area contributed by atoms with Crippen molar-refractivity contribution in [3.05, 3.63) is 76.9 Å². The van der Waals surface area contributed by atoms with Crippen LogP contribution in [-0.4, -0.2) is 16.0 Å². The number of aryl methyl sites for hydroxylation is 2. The van der Waals surface area contributed by atoms with E-state index in [9.17, 15) is 4.79 Å². The van der Waals surface area contributed by atoms with Gasteiger partial charge in [0, 0.05) is 29.9 Å². The molecule has 0 aliphatic heterocycles. The minimum absolute atomic E-state index is 0.00408. The highest BCUT2D eigenvalue weighted by Crippen LogP contribution is 2.19. The molecule has 3 aromatic rings. The molecule has 0 saturated carbocycles. The summed E-state index contributed by atoms with van der Waals surface area (Å²) >= 11 is 0. The maximum absolute atomic E-state index is 12.3. The molecule has 1 N–H and O–H groups in total. The highest BCUT2D eigenvalue weighted by molar-refractivity contribution is 5.76. The third-order valence-electron chi connectivity index (χ3n) is 4.67. The highest BCUT2D eigenvalue weighted by Gasteiger charge is 2.13. The molecule has 0 aliphatic carbocycles. The molecule has 0 fully saturated rings. The predicted molar refractivity (Wildman–Crippen MR) is 106 cm³/mol. The van der Waals surface area contributed by atoms with Gasteiger partial charge < -0.3 is 14.6 Å². The summed E-state index contributed by atoms with van der Waals surface area (Å²) in [5, 5.41) is 6.96. The summed E-state index contributed by atoms with van der Waals surface area (Å²) in [6.07, 6.45) is 4.55. The minimum atomic E-state index is -0.0791. The molecule has 6 nitrogen and oxygen atoms in total. The van der Waals surface area contributed by atoms with Crippen LogP contribution < -0.4 is 10.1 Å². The molecule has 0 spiro atoms. The molecule has 3 rings (SSSR count). The zero-order valence-electron chi connectivity index (χ0n) is 16.4. The number of rotatable bonds is 8. The Labute approximate surface area is 164 Å². The van der Waals surface area contributed by atoms with Gasteiger partial charge in [-0.15, -0.1) is 0 Å². The number of aromatic nitrogens is 2. The second-order valence-electron chi connectivity index (χ2n) is 6.81. The molecule has 0 aliphatic rings. The van der Waals surface area contributed by atoms with Crippen LogP contribution in [0.1, 0.15) is 47.5 Å². The van der Waals surface area contributed by atoms with Crippen molar-refractivity contribution in [2.24, 2.45) is 0 Å². The molecule has 0 saturated heterocycles. The Bertz CT molecular complexity index is 885. The smallest absolute Gasteiger partial charge is 0.220 e. The van der Waals surface area contributed by atoms with E-state index < -0.39 is 0 Å². The molecule has 28 heavy (non-hydrogen) atoms. The summed E-state index contributed by atoms with van der Waals surface area (Å²) in [6.45, 7) is 6.21. The van der Waals surface area contributed by atoms with Gasteiger partial charge in [-0.1, -0.05) is 23.4 Å². The van der Waals surface area contributed by atoms with E-state index in [1.54, 1.807) is 12.4 Å². The first-order valence-corrected chi connectivity index (χ1v) is 9.35. The van der Waals surface area contributed by atoms with Gasteiger partial charge in [-0.2, -0.15) is 0 Å². The van der Waals surface area contributed by atoms with Gasteiger partial charge in [-0.05, 0) is 51.0 Å². The lowest BCUT2D eigenvalue weighted by molar-refractivity contribution is -0.121. The maximum atomic E-state index is 12.3. The van der Waals surface area contributed by atoms with Crippen molar-refractivity contribution in [1.82, 2.24) is 15.5 Å². The first-order valence-electron chi connectivity index (χ1n) is 9.35. The Morgan fingerprint density at radius 2 is 2.00 bits per heavy atom. The minimum Gasteiger partial charge on any atom is -0.489 e. The van der Waals surface area contributed by atoms with Crippen LogP contribution in [0.15, 0.2) is 53.3 Å². The third-order valence-corrected chi connectivity index (χ3v) is 4.67. The van der Waals surface area contributed by atoms with E-state index >= 15 is 0 Å². The van der Waals surface area contributed by atoms with Crippen LogP contribution in [0.3, 0.4) is 0 Å². The monoisotopic (exact) mass is 379 g/mol. The molecular weight excluding hydrogens is 354 g/mol. The maximum Gasteiger partial charge on any atom is 0.220 e. The van der Waals surface area contributed by atoms with Crippen LogP contribution in [0, 0.1) is 13.8 Å². The van der Waals surface area contributed by atoms with E-state index in [2.05, 4.69) is 15.5 Å². The summed E-state index contributed by atoms with van der Waals surface area (Å²) in [5.41, 5.74) is 3.91. The molecule has 1 atom stereocenters. The molecule has 2 aromatic heterocycles. The third kappa shape index (κ3) is 5.19. The Kier molecular flexibility index (Phi) is 6.42. The average Bonchev–Trinajstić information content (AvgIpc) is 3.03. The SMILES string of the molecule is Cc1noc(C)c1CCC(=O)NC(C)c1ccc(OCc2cccnc2)cc1. The molecular formula is C22H25N3O3. The van der Waals surface area contributed by atoms with Crippen molar-refractivity contribution < 1.29 is 14.1 Å². The number of hydrogen-bond donors (Lipinski definition) is 1. The second-order valence-corrected chi connectivity index (χ2v) is 6.81. The lowest BCUT2D eigenvalue weighted by Crippen LogP contribution is -2.26. The number of nitrogens with one attached hydrogen (secondary N) is 1. The predicted octanol–water partition coefficient (Wildman–Crippen LogP) is 4.08. The van der Waals surface area contributed by atoms with Crippen molar-refractivity contribution in [2.45, 2.75) is 46.3 Å². The van der Waals surface area contributed by atoms with Crippen LogP contribution in [0.2, 0.25) is 0 Å². The quantitative estimate of drug-likeness (QED) is 0.638. The summed E-state index contributed by atoms with van der Waals surface area (Å²) in [6, 6.07) is 11.6. The highest BCUT2D eigenvalue weighted by atomic mass is 16.5. The van der Waals surface area contributed by atoms with Crippen LogP contribution >= 0.6 is 0 Å². The fraction of sp³-hybridized carbons (Fsp3) is 0.318. The standard InChI is InChI=1S/C22H25N3O3/c1-15(24-22(26)11-10-21-16(2)25-28-17(21)3)19-6-8-20(9-7-19)27-14-18-5-4-12-23-13-18/h4-9,12-13,15H,10-11,14H2,1-3H3,(H,24,26). The Balaban J connectivity index is 1.48. The summed E-state index contributed by atoms with van der Waals surface area (Å²) < 4.78 is 10.9. The van der Waals surface area contributed by atoms with Crippen molar-refractivity contribution >= 4 is 5.91 Å². The largest absolute Gasteiger partial charge is 0.489 e. The molecule has 1 amide bonds. The fourth-order valence-electron chi connectivity index (χ4n) is 3.00. The number of pyridine rings is 1. The number of carbonyl (C=O) groups excluding carboxylic acids is 1. The average molecular weight is 379 g/mol. The first kappa shape index (κ1) is 19.6. The van der Waals surface area contributed by atoms with Crippen LogP contribution in [0.25, 0.3) is 0 Å². The van der Waals surface area contributed by atoms with E-state index in [1.165, 1.54) is 0 Å². The molecule has 2 heterocycles. The van der Waals surface area contributed by atoms with Crippen molar-refractivity contribution in [3.63, 3.8) is 0 Å². The number of nitrogens with zero attached hydrogens (tertiary/aromatic N) is 2. The van der Waals surface area contributed by atoms with E-state index in [0.717, 1.165) is 33.9 Å². The van der Waals surface area contributed by atoms with Crippen molar-refractivity contribution in [3.8, 4) is 5.75 Å². The topological polar surface area (TPSA) is 77.2 Å². The fourth-order valence-corrected chi connectivity index (χ4v) is 3.00. The number of carbonyl (C=O) groups is 1. The Morgan fingerprint density at radius 1 is 1.21 bits per heavy atom. The van der Waals surface area contributed by atoms with Gasteiger partial charge in [0.25, 0.3) is 0 Å². The number of hydrogen-bond acceptors (Lipinski definition) is 5. The normalized spacial score (nSPS) is 11.8. The van der Waals surface area contributed by atoms with Crippen LogP contribution in [-0.2, 0) is 17.8 Å². The summed E-state index contributed by atoms with van der Waals surface area (Å²) in [5.74, 6) is 1.56. The Morgan fingerprint density at radius 3 is 2.64 bits per heavy atom. The Hall–Kier alpha value is -3.15. The molecule has 6 heteroatoms. The van der Waals surface area contributed by atoms with Crippen molar-refractivity contribution in [2.75, 3.05) is 0 Å². The zero-order chi connectivity index (χ0) is 19.9. The summed E-state index contributed by atoms with van der Waals surface area (Å²) in [7, 11) is 0. The first-order chi connectivity index (χ1) is 13.5. The van der Waals surface area contributed by atoms with E-state index in [1.807, 2.05) is 57.2 Å². The van der Waals surface area contributed by atoms with Crippen LogP contribution in [0.4, 0.5) is 0 Å². The van der Waals surface area contributed by atoms with Gasteiger partial charge >= 0.3 is 0 Å². The number of ether oxygens (including phenoxy) is 1. The van der Waals surface area contributed by atoms with Crippen molar-refractivity contribution in [1.29, 1.82) is 0 Å². The molecule has 146 valence electrons. The van der Waals surface area contributed by atoms with Gasteiger partial charge in [0.1, 0.15) is 18.1 Å². The molecule has 0 bridgehead atoms. The summed E-state index contributed by atoms with van der Waals surface area (Å²) in [4.78, 5) is 16.4. The van der Waals surface area contributed by atoms with E-state index in [4.69, 9.17) is 9.26 Å². The van der Waals surface area contributed by atoms with Gasteiger partial charge in [0.15, 0.2) is 0 Å². The van der Waals surface area contributed by atoms with E-state index in [0.29, 0.717) is 19.4 Å². The van der Waals surface area contributed by atoms with Gasteiger partial charge in [0.05, 0.1) is 11.7 Å². The second kappa shape index (κ2) is 9.17.